The van der Waals surface area contributed by atoms with E-state index in [4.69, 9.17) is 4.74 Å². The lowest BCUT2D eigenvalue weighted by Gasteiger charge is -2.15. The molecule has 1 aromatic carbocycles. The van der Waals surface area contributed by atoms with E-state index in [0.29, 0.717) is 19.0 Å². The first-order valence-corrected chi connectivity index (χ1v) is 9.54. The van der Waals surface area contributed by atoms with Gasteiger partial charge >= 0.3 is 0 Å². The van der Waals surface area contributed by atoms with E-state index in [1.807, 2.05) is 6.92 Å². The Morgan fingerprint density at radius 3 is 2.56 bits per heavy atom. The van der Waals surface area contributed by atoms with Crippen molar-refractivity contribution in [1.29, 1.82) is 0 Å². The summed E-state index contributed by atoms with van der Waals surface area (Å²) in [5.74, 6) is 1.46. The second-order valence-electron chi connectivity index (χ2n) is 6.30. The molecule has 0 aliphatic heterocycles. The molecule has 0 radical (unpaired) electrons. The largest absolute Gasteiger partial charge is 0.493 e. The third-order valence-corrected chi connectivity index (χ3v) is 3.89. The summed E-state index contributed by atoms with van der Waals surface area (Å²) in [6.45, 7) is 8.48. The molecule has 1 aromatic rings. The van der Waals surface area contributed by atoms with Crippen LogP contribution in [0.25, 0.3) is 0 Å². The van der Waals surface area contributed by atoms with Crippen molar-refractivity contribution >= 4 is 35.8 Å². The molecule has 154 valence electrons. The maximum atomic E-state index is 11.7. The van der Waals surface area contributed by atoms with Gasteiger partial charge in [-0.1, -0.05) is 38.8 Å². The van der Waals surface area contributed by atoms with Crippen LogP contribution in [0.15, 0.2) is 23.2 Å². The van der Waals surface area contributed by atoms with Gasteiger partial charge in [-0.2, -0.15) is 0 Å². The van der Waals surface area contributed by atoms with Crippen molar-refractivity contribution in [3.63, 3.8) is 0 Å². The Morgan fingerprint density at radius 1 is 1.11 bits per heavy atom. The maximum absolute atomic E-state index is 11.7. The Labute approximate surface area is 181 Å². The maximum Gasteiger partial charge on any atom is 0.239 e. The molecule has 0 bridgehead atoms. The summed E-state index contributed by atoms with van der Waals surface area (Å²) < 4.78 is 5.96. The van der Waals surface area contributed by atoms with Crippen LogP contribution in [-0.4, -0.2) is 38.6 Å². The van der Waals surface area contributed by atoms with E-state index >= 15 is 0 Å². The molecule has 1 rings (SSSR count). The average molecular weight is 490 g/mol. The van der Waals surface area contributed by atoms with E-state index in [1.54, 1.807) is 7.05 Å². The van der Waals surface area contributed by atoms with E-state index in [9.17, 15) is 4.79 Å². The van der Waals surface area contributed by atoms with Gasteiger partial charge in [0.05, 0.1) is 13.2 Å². The molecule has 0 saturated carbocycles. The first-order valence-electron chi connectivity index (χ1n) is 9.54. The van der Waals surface area contributed by atoms with Gasteiger partial charge < -0.3 is 20.7 Å². The van der Waals surface area contributed by atoms with Crippen LogP contribution in [0.4, 0.5) is 0 Å². The molecule has 0 atom stereocenters. The van der Waals surface area contributed by atoms with Gasteiger partial charge in [-0.15, -0.1) is 24.0 Å². The number of ether oxygens (including phenoxy) is 1. The topological polar surface area (TPSA) is 74.8 Å². The number of nitrogens with one attached hydrogen (secondary N) is 3. The van der Waals surface area contributed by atoms with Crippen molar-refractivity contribution in [3.05, 3.63) is 29.3 Å². The Bertz CT molecular complexity index is 579. The number of benzene rings is 1. The van der Waals surface area contributed by atoms with Gasteiger partial charge in [0.1, 0.15) is 5.75 Å². The summed E-state index contributed by atoms with van der Waals surface area (Å²) in [4.78, 5) is 15.8. The van der Waals surface area contributed by atoms with Crippen LogP contribution in [0.1, 0.15) is 50.7 Å². The zero-order chi connectivity index (χ0) is 19.2. The SMILES string of the molecule is CCCCCOc1cc(C)ccc1CNC(=NC)NCC(=O)NCCC.I. The van der Waals surface area contributed by atoms with Gasteiger partial charge in [-0.25, -0.2) is 0 Å². The van der Waals surface area contributed by atoms with E-state index in [1.165, 1.54) is 18.4 Å². The number of hydrogen-bond acceptors (Lipinski definition) is 3. The predicted molar refractivity (Wildman–Crippen MR) is 123 cm³/mol. The normalized spacial score (nSPS) is 10.7. The number of guanidine groups is 1. The average Bonchev–Trinajstić information content (AvgIpc) is 2.64. The molecule has 0 aromatic heterocycles. The molecule has 0 saturated heterocycles. The molecule has 6 nitrogen and oxygen atoms in total. The first-order chi connectivity index (χ1) is 12.6. The van der Waals surface area contributed by atoms with Gasteiger partial charge in [0.25, 0.3) is 0 Å². The lowest BCUT2D eigenvalue weighted by molar-refractivity contribution is -0.120. The Morgan fingerprint density at radius 2 is 1.89 bits per heavy atom. The van der Waals surface area contributed by atoms with Gasteiger partial charge in [0.2, 0.25) is 5.91 Å². The van der Waals surface area contributed by atoms with Gasteiger partial charge in [0.15, 0.2) is 5.96 Å². The molecule has 0 unspecified atom stereocenters. The fraction of sp³-hybridized carbons (Fsp3) is 0.600. The summed E-state index contributed by atoms with van der Waals surface area (Å²) in [7, 11) is 1.69. The summed E-state index contributed by atoms with van der Waals surface area (Å²) in [5.41, 5.74) is 2.25. The highest BCUT2D eigenvalue weighted by atomic mass is 127. The minimum absolute atomic E-state index is 0. The second-order valence-corrected chi connectivity index (χ2v) is 6.30. The van der Waals surface area contributed by atoms with Gasteiger partial charge in [-0.3, -0.25) is 9.79 Å². The van der Waals surface area contributed by atoms with Crippen molar-refractivity contribution in [2.24, 2.45) is 4.99 Å². The Hall–Kier alpha value is -1.51. The highest BCUT2D eigenvalue weighted by molar-refractivity contribution is 14.0. The molecule has 27 heavy (non-hydrogen) atoms. The van der Waals surface area contributed by atoms with E-state index in [2.05, 4.69) is 53.0 Å². The van der Waals surface area contributed by atoms with Gasteiger partial charge in [0, 0.05) is 25.7 Å². The first kappa shape index (κ1) is 25.5. The Balaban J connectivity index is 0.00000676. The fourth-order valence-corrected chi connectivity index (χ4v) is 2.37. The van der Waals surface area contributed by atoms with Crippen molar-refractivity contribution in [1.82, 2.24) is 16.0 Å². The van der Waals surface area contributed by atoms with Crippen LogP contribution < -0.4 is 20.7 Å². The van der Waals surface area contributed by atoms with E-state index in [-0.39, 0.29) is 36.4 Å². The number of carbonyl (C=O) groups is 1. The molecule has 7 heteroatoms. The monoisotopic (exact) mass is 490 g/mol. The van der Waals surface area contributed by atoms with E-state index in [0.717, 1.165) is 30.8 Å². The van der Waals surface area contributed by atoms with Crippen LogP contribution in [0.2, 0.25) is 0 Å². The zero-order valence-electron chi connectivity index (χ0n) is 17.1. The molecule has 0 heterocycles. The number of carbonyl (C=O) groups excluding carboxylic acids is 1. The number of aliphatic imine (C=N–C) groups is 1. The Kier molecular flexibility index (Phi) is 14.7. The standard InChI is InChI=1S/C20H34N4O2.HI/c1-5-7-8-12-26-18-13-16(3)9-10-17(18)14-23-20(21-4)24-15-19(25)22-11-6-2;/h9-10,13H,5-8,11-12,14-15H2,1-4H3,(H,22,25)(H2,21,23,24);1H. The number of aryl methyl sites for hydroxylation is 1. The minimum atomic E-state index is -0.0370. The number of unbranched alkanes of at least 4 members (excludes halogenated alkanes) is 2. The number of halogens is 1. The molecule has 0 spiro atoms. The molecular formula is C20H35IN4O2. The van der Waals surface area contributed by atoms with Crippen LogP contribution in [0.3, 0.4) is 0 Å². The van der Waals surface area contributed by atoms with Crippen molar-refractivity contribution in [2.75, 3.05) is 26.7 Å². The van der Waals surface area contributed by atoms with Crippen molar-refractivity contribution in [2.45, 2.75) is 53.0 Å². The number of amides is 1. The molecule has 0 fully saturated rings. The summed E-state index contributed by atoms with van der Waals surface area (Å²) in [6.07, 6.45) is 4.34. The van der Waals surface area contributed by atoms with Crippen molar-refractivity contribution in [3.8, 4) is 5.75 Å². The lowest BCUT2D eigenvalue weighted by atomic mass is 10.1. The summed E-state index contributed by atoms with van der Waals surface area (Å²) >= 11 is 0. The number of nitrogens with zero attached hydrogens (tertiary/aromatic N) is 1. The van der Waals surface area contributed by atoms with Gasteiger partial charge in [-0.05, 0) is 31.4 Å². The second kappa shape index (κ2) is 15.5. The molecule has 1 amide bonds. The number of rotatable bonds is 11. The number of hydrogen-bond donors (Lipinski definition) is 3. The van der Waals surface area contributed by atoms with Crippen molar-refractivity contribution < 1.29 is 9.53 Å². The molecular weight excluding hydrogens is 455 g/mol. The van der Waals surface area contributed by atoms with Crippen LogP contribution in [0, 0.1) is 6.92 Å². The third kappa shape index (κ3) is 11.0. The summed E-state index contributed by atoms with van der Waals surface area (Å²) in [5, 5.41) is 9.09. The zero-order valence-corrected chi connectivity index (χ0v) is 19.4. The van der Waals surface area contributed by atoms with Crippen LogP contribution >= 0.6 is 24.0 Å². The molecule has 0 aliphatic rings. The quantitative estimate of drug-likeness (QED) is 0.193. The molecule has 3 N–H and O–H groups in total. The highest BCUT2D eigenvalue weighted by Crippen LogP contribution is 2.20. The smallest absolute Gasteiger partial charge is 0.239 e. The minimum Gasteiger partial charge on any atom is -0.493 e. The van der Waals surface area contributed by atoms with E-state index < -0.39 is 0 Å². The van der Waals surface area contributed by atoms with Crippen LogP contribution in [0.5, 0.6) is 5.75 Å². The highest BCUT2D eigenvalue weighted by Gasteiger charge is 2.07. The summed E-state index contributed by atoms with van der Waals surface area (Å²) in [6, 6.07) is 6.21. The molecule has 0 aliphatic carbocycles. The fourth-order valence-electron chi connectivity index (χ4n) is 2.37. The lowest BCUT2D eigenvalue weighted by Crippen LogP contribution is -2.43. The predicted octanol–water partition coefficient (Wildman–Crippen LogP) is 3.37. The van der Waals surface area contributed by atoms with Crippen LogP contribution in [-0.2, 0) is 11.3 Å². The third-order valence-electron chi connectivity index (χ3n) is 3.89.